The third-order valence-electron chi connectivity index (χ3n) is 13.5. The van der Waals surface area contributed by atoms with Gasteiger partial charge in [0.2, 0.25) is 0 Å². The normalized spacial score (nSPS) is 12.0. The first-order valence-corrected chi connectivity index (χ1v) is 27.3. The second-order valence-electron chi connectivity index (χ2n) is 19.7. The minimum Gasteiger partial charge on any atom is -0.478 e. The number of alkyl halides is 2. The number of nitrogens with zero attached hydrogens (tertiary/aromatic N) is 4. The molecule has 0 bridgehead atoms. The lowest BCUT2D eigenvalue weighted by atomic mass is 9.98. The second-order valence-corrected chi connectivity index (χ2v) is 20.3. The molecule has 0 saturated heterocycles. The van der Waals surface area contributed by atoms with Crippen molar-refractivity contribution in [3.8, 4) is 22.3 Å². The maximum Gasteiger partial charge on any atom is 0.336 e. The van der Waals surface area contributed by atoms with Gasteiger partial charge in [-0.15, -0.1) is 23.2 Å². The van der Waals surface area contributed by atoms with Gasteiger partial charge in [0, 0.05) is 23.5 Å². The van der Waals surface area contributed by atoms with Crippen molar-refractivity contribution in [3.05, 3.63) is 179 Å². The van der Waals surface area contributed by atoms with Gasteiger partial charge in [0.1, 0.15) is 11.6 Å². The molecule has 0 radical (unpaired) electrons. The maximum atomic E-state index is 13.8. The molecule has 0 aliphatic carbocycles. The number of benzene rings is 6. The molecule has 404 valence electrons. The number of carbonyl (C=O) groups is 4. The molecule has 2 amide bonds. The van der Waals surface area contributed by atoms with Crippen molar-refractivity contribution in [2.75, 3.05) is 11.8 Å². The van der Waals surface area contributed by atoms with E-state index < -0.39 is 35.8 Å². The van der Waals surface area contributed by atoms with Gasteiger partial charge in [0.15, 0.2) is 0 Å². The van der Waals surface area contributed by atoms with Crippen LogP contribution in [0.4, 0.5) is 0 Å². The molecular formula is C62H66Cl2N8O6. The number of hydrogen-bond donors (Lipinski definition) is 6. The first-order chi connectivity index (χ1) is 37.6. The van der Waals surface area contributed by atoms with Gasteiger partial charge < -0.3 is 40.8 Å². The summed E-state index contributed by atoms with van der Waals surface area (Å²) in [5, 5.41) is 41.7. The van der Waals surface area contributed by atoms with Crippen LogP contribution in [-0.4, -0.2) is 76.3 Å². The number of aromatic carboxylic acids is 2. The van der Waals surface area contributed by atoms with Gasteiger partial charge in [-0.3, -0.25) is 9.59 Å². The zero-order valence-electron chi connectivity index (χ0n) is 44.3. The Morgan fingerprint density at radius 1 is 0.487 bits per heavy atom. The Hall–Kier alpha value is -7.94. The van der Waals surface area contributed by atoms with Gasteiger partial charge in [-0.2, -0.15) is 0 Å². The number of aromatic nitrogens is 4. The minimum atomic E-state index is -1.16. The molecule has 0 aliphatic heterocycles. The molecule has 0 unspecified atom stereocenters. The van der Waals surface area contributed by atoms with Crippen molar-refractivity contribution in [1.82, 2.24) is 29.7 Å². The van der Waals surface area contributed by atoms with E-state index in [0.717, 1.165) is 81.7 Å². The van der Waals surface area contributed by atoms with Crippen molar-refractivity contribution >= 4 is 80.4 Å². The third kappa shape index (κ3) is 14.3. The Kier molecular flexibility index (Phi) is 20.3. The Balaban J connectivity index is 0.000000226. The van der Waals surface area contributed by atoms with Crippen LogP contribution in [0, 0.1) is 10.8 Å². The van der Waals surface area contributed by atoms with Gasteiger partial charge in [-0.1, -0.05) is 110 Å². The van der Waals surface area contributed by atoms with Crippen molar-refractivity contribution < 1.29 is 29.4 Å². The zero-order chi connectivity index (χ0) is 55.9. The van der Waals surface area contributed by atoms with Crippen LogP contribution in [0.3, 0.4) is 0 Å². The molecule has 2 atom stereocenters. The summed E-state index contributed by atoms with van der Waals surface area (Å²) in [6, 6.07) is 43.7. The molecular weight excluding hydrogens is 1020 g/mol. The molecule has 6 aromatic carbocycles. The number of unbranched alkanes of at least 4 members (excludes halogenated alkanes) is 2. The van der Waals surface area contributed by atoms with E-state index in [4.69, 9.17) is 44.0 Å². The monoisotopic (exact) mass is 1090 g/mol. The standard InChI is InChI=1S/2C31H33ClN4O3/c1-20(2)36-28-15-9-8-13-26(28)34-29(36)27(14-7-6-12-23(33)19-32)35-30(37)25-18-22(16-17-24(25)31(38)39)21-10-4-3-5-11-21;1-20(2)36-28-15-9-8-13-26(28)34-29(36)27(14-7-6-12-23(33)19-32)35-30(37)24-17-16-22(18-25(24)31(38)39)21-10-4-3-5-11-21/h2*3-5,8-11,13,15-18,20,27,33H,6-7,12,14,19H2,1-2H3,(H,35,37)(H,38,39)/t2*27-/m00/s1. The molecule has 0 saturated carbocycles. The Bertz CT molecular complexity index is 3410. The number of carboxylic acids is 2. The molecule has 0 fully saturated rings. The van der Waals surface area contributed by atoms with E-state index in [-0.39, 0.29) is 46.1 Å². The summed E-state index contributed by atoms with van der Waals surface area (Å²) in [5.41, 5.74) is 7.93. The van der Waals surface area contributed by atoms with Crippen molar-refractivity contribution in [2.45, 2.75) is 103 Å². The summed E-state index contributed by atoms with van der Waals surface area (Å²) in [7, 11) is 0. The van der Waals surface area contributed by atoms with Crippen molar-refractivity contribution in [1.29, 1.82) is 10.8 Å². The van der Waals surface area contributed by atoms with Gasteiger partial charge in [0.05, 0.1) is 68.2 Å². The third-order valence-corrected chi connectivity index (χ3v) is 14.1. The highest BCUT2D eigenvalue weighted by molar-refractivity contribution is 6.28. The Labute approximate surface area is 464 Å². The van der Waals surface area contributed by atoms with Crippen LogP contribution < -0.4 is 10.6 Å². The molecule has 14 nitrogen and oxygen atoms in total. The highest BCUT2D eigenvalue weighted by Gasteiger charge is 2.28. The summed E-state index contributed by atoms with van der Waals surface area (Å²) < 4.78 is 4.25. The SMILES string of the molecule is CC(C)n1c([C@H](CCCCC(=N)CCl)NC(=O)c2cc(-c3ccccc3)ccc2C(=O)O)nc2ccccc21.CC(C)n1c([C@H](CCCCC(=N)CCl)NC(=O)c2ccc(-c3ccccc3)cc2C(=O)O)nc2ccccc21. The van der Waals surface area contributed by atoms with Gasteiger partial charge in [-0.25, -0.2) is 19.6 Å². The average Bonchev–Trinajstić information content (AvgIpc) is 4.09. The Morgan fingerprint density at radius 2 is 0.872 bits per heavy atom. The molecule has 2 aromatic heterocycles. The van der Waals surface area contributed by atoms with E-state index in [1.165, 1.54) is 6.07 Å². The van der Waals surface area contributed by atoms with Crippen molar-refractivity contribution in [3.63, 3.8) is 0 Å². The fraction of sp³-hybridized carbons (Fsp3) is 0.290. The van der Waals surface area contributed by atoms with Gasteiger partial charge in [0.25, 0.3) is 11.8 Å². The number of fused-ring (bicyclic) bond motifs is 2. The number of carbonyl (C=O) groups excluding carboxylic acids is 2. The number of nitrogens with one attached hydrogen (secondary N) is 4. The summed E-state index contributed by atoms with van der Waals surface area (Å²) in [5.74, 6) is -1.39. The molecule has 0 spiro atoms. The summed E-state index contributed by atoms with van der Waals surface area (Å²) in [6.45, 7) is 8.29. The summed E-state index contributed by atoms with van der Waals surface area (Å²) in [6.07, 6.45) is 5.34. The first kappa shape index (κ1) is 57.8. The molecule has 16 heteroatoms. The van der Waals surface area contributed by atoms with Crippen LogP contribution in [0.2, 0.25) is 0 Å². The fourth-order valence-corrected chi connectivity index (χ4v) is 9.94. The fourth-order valence-electron chi connectivity index (χ4n) is 9.67. The topological polar surface area (TPSA) is 216 Å². The lowest BCUT2D eigenvalue weighted by Crippen LogP contribution is -2.32. The number of amides is 2. The van der Waals surface area contributed by atoms with E-state index in [2.05, 4.69) is 47.5 Å². The van der Waals surface area contributed by atoms with Crippen LogP contribution in [0.15, 0.2) is 146 Å². The summed E-state index contributed by atoms with van der Waals surface area (Å²) >= 11 is 11.6. The van der Waals surface area contributed by atoms with Crippen LogP contribution in [-0.2, 0) is 0 Å². The van der Waals surface area contributed by atoms with Crippen LogP contribution in [0.5, 0.6) is 0 Å². The second kappa shape index (κ2) is 27.4. The van der Waals surface area contributed by atoms with E-state index >= 15 is 0 Å². The number of rotatable bonds is 24. The molecule has 8 aromatic rings. The van der Waals surface area contributed by atoms with E-state index in [1.54, 1.807) is 30.3 Å². The smallest absolute Gasteiger partial charge is 0.336 e. The average molecular weight is 1090 g/mol. The van der Waals surface area contributed by atoms with Crippen LogP contribution >= 0.6 is 23.2 Å². The molecule has 2 heterocycles. The molecule has 78 heavy (non-hydrogen) atoms. The number of imidazole rings is 2. The van der Waals surface area contributed by atoms with E-state index in [0.29, 0.717) is 37.1 Å². The van der Waals surface area contributed by atoms with E-state index in [1.807, 2.05) is 109 Å². The number of halogens is 2. The highest BCUT2D eigenvalue weighted by atomic mass is 35.5. The number of carboxylic acid groups (broad SMARTS) is 2. The predicted octanol–water partition coefficient (Wildman–Crippen LogP) is 14.5. The largest absolute Gasteiger partial charge is 0.478 e. The van der Waals surface area contributed by atoms with Gasteiger partial charge >= 0.3 is 11.9 Å². The minimum absolute atomic E-state index is 0.0551. The lowest BCUT2D eigenvalue weighted by Gasteiger charge is -2.23. The van der Waals surface area contributed by atoms with E-state index in [9.17, 15) is 29.4 Å². The lowest BCUT2D eigenvalue weighted by molar-refractivity contribution is 0.0682. The summed E-state index contributed by atoms with van der Waals surface area (Å²) in [4.78, 5) is 61.4. The van der Waals surface area contributed by atoms with Crippen LogP contribution in [0.1, 0.15) is 156 Å². The Morgan fingerprint density at radius 3 is 1.28 bits per heavy atom. The quantitative estimate of drug-likeness (QED) is 0.0194. The number of hydrogen-bond acceptors (Lipinski definition) is 8. The zero-order valence-corrected chi connectivity index (χ0v) is 45.8. The maximum absolute atomic E-state index is 13.8. The van der Waals surface area contributed by atoms with Gasteiger partial charge in [-0.05, 0) is 137 Å². The molecule has 6 N–H and O–H groups in total. The molecule has 0 aliphatic rings. The predicted molar refractivity (Wildman–Crippen MR) is 312 cm³/mol. The molecule has 8 rings (SSSR count). The first-order valence-electron chi connectivity index (χ1n) is 26.3. The number of para-hydroxylation sites is 4. The van der Waals surface area contributed by atoms with Crippen LogP contribution in [0.25, 0.3) is 44.3 Å². The van der Waals surface area contributed by atoms with Crippen molar-refractivity contribution in [2.24, 2.45) is 0 Å². The highest BCUT2D eigenvalue weighted by Crippen LogP contribution is 2.32.